The molecule has 30 heavy (non-hydrogen) atoms. The van der Waals surface area contributed by atoms with E-state index < -0.39 is 0 Å². The molecule has 0 saturated carbocycles. The molecular formula is C26H24N2O2. The zero-order valence-corrected chi connectivity index (χ0v) is 17.2. The number of fused-ring (bicyclic) bond motifs is 3. The maximum absolute atomic E-state index is 13.1. The van der Waals surface area contributed by atoms with E-state index in [4.69, 9.17) is 4.74 Å². The number of aromatic amines is 1. The van der Waals surface area contributed by atoms with Gasteiger partial charge in [-0.1, -0.05) is 35.9 Å². The first-order valence-corrected chi connectivity index (χ1v) is 10.3. The Morgan fingerprint density at radius 1 is 0.967 bits per heavy atom. The van der Waals surface area contributed by atoms with E-state index in [9.17, 15) is 4.79 Å². The number of carbonyl (C=O) groups is 1. The number of hydrogen-bond donors (Lipinski definition) is 1. The van der Waals surface area contributed by atoms with Gasteiger partial charge in [0.1, 0.15) is 5.75 Å². The molecule has 1 aromatic heterocycles. The number of aryl methyl sites for hydroxylation is 1. The number of H-pyrrole nitrogens is 1. The van der Waals surface area contributed by atoms with Crippen LogP contribution in [0.2, 0.25) is 0 Å². The molecule has 4 aromatic rings. The third-order valence-electron chi connectivity index (χ3n) is 5.98. The maximum atomic E-state index is 13.1. The van der Waals surface area contributed by atoms with Crippen molar-refractivity contribution in [1.82, 2.24) is 9.88 Å². The Morgan fingerprint density at radius 2 is 1.70 bits per heavy atom. The van der Waals surface area contributed by atoms with E-state index in [0.717, 1.165) is 24.2 Å². The van der Waals surface area contributed by atoms with Crippen molar-refractivity contribution in [2.45, 2.75) is 19.9 Å². The van der Waals surface area contributed by atoms with Crippen molar-refractivity contribution in [2.75, 3.05) is 13.7 Å². The van der Waals surface area contributed by atoms with Crippen molar-refractivity contribution in [3.05, 3.63) is 89.1 Å². The number of carbonyl (C=O) groups excluding carboxylic acids is 1. The Bertz CT molecular complexity index is 1220. The summed E-state index contributed by atoms with van der Waals surface area (Å²) in [6.45, 7) is 3.44. The number of nitrogens with zero attached hydrogens (tertiary/aromatic N) is 1. The molecule has 0 spiro atoms. The summed E-state index contributed by atoms with van der Waals surface area (Å²) >= 11 is 0. The minimum Gasteiger partial charge on any atom is -0.497 e. The van der Waals surface area contributed by atoms with Gasteiger partial charge in [0.15, 0.2) is 0 Å². The van der Waals surface area contributed by atoms with Crippen molar-refractivity contribution in [2.24, 2.45) is 0 Å². The van der Waals surface area contributed by atoms with E-state index in [1.165, 1.54) is 33.3 Å². The zero-order chi connectivity index (χ0) is 20.7. The first kappa shape index (κ1) is 18.5. The maximum Gasteiger partial charge on any atom is 0.254 e. The van der Waals surface area contributed by atoms with Crippen LogP contribution in [-0.2, 0) is 13.0 Å². The monoisotopic (exact) mass is 396 g/mol. The van der Waals surface area contributed by atoms with E-state index >= 15 is 0 Å². The fourth-order valence-corrected chi connectivity index (χ4v) is 4.23. The molecule has 1 aliphatic heterocycles. The first-order chi connectivity index (χ1) is 14.6. The van der Waals surface area contributed by atoms with Gasteiger partial charge in [0, 0.05) is 47.2 Å². The Kier molecular flexibility index (Phi) is 4.55. The average molecular weight is 396 g/mol. The smallest absolute Gasteiger partial charge is 0.254 e. The molecule has 1 amide bonds. The van der Waals surface area contributed by atoms with Gasteiger partial charge < -0.3 is 14.6 Å². The second-order valence-electron chi connectivity index (χ2n) is 7.91. The van der Waals surface area contributed by atoms with Gasteiger partial charge in [-0.2, -0.15) is 0 Å². The molecule has 150 valence electrons. The van der Waals surface area contributed by atoms with Crippen LogP contribution < -0.4 is 4.74 Å². The molecule has 0 aliphatic carbocycles. The highest BCUT2D eigenvalue weighted by Gasteiger charge is 2.25. The average Bonchev–Trinajstić information content (AvgIpc) is 3.16. The lowest BCUT2D eigenvalue weighted by Gasteiger charge is -2.27. The van der Waals surface area contributed by atoms with Crippen LogP contribution in [0, 0.1) is 6.92 Å². The highest BCUT2D eigenvalue weighted by molar-refractivity contribution is 5.95. The van der Waals surface area contributed by atoms with E-state index in [-0.39, 0.29) is 5.91 Å². The van der Waals surface area contributed by atoms with Crippen LogP contribution in [0.4, 0.5) is 0 Å². The number of methoxy groups -OCH3 is 1. The SMILES string of the molecule is COc1ccc(C(=O)N2CCc3[nH]c4ccc(-c5ccc(C)cc5)cc4c3C2)cc1. The summed E-state index contributed by atoms with van der Waals surface area (Å²) in [6, 6.07) is 22.5. The number of hydrogen-bond acceptors (Lipinski definition) is 2. The standard InChI is InChI=1S/C26H24N2O2/c1-17-3-5-18(6-4-17)20-9-12-24-22(15-20)23-16-28(14-13-25(23)27-24)26(29)19-7-10-21(30-2)11-8-19/h3-12,15,27H,13-14,16H2,1-2H3. The number of rotatable bonds is 3. The lowest BCUT2D eigenvalue weighted by atomic mass is 9.99. The molecule has 0 atom stereocenters. The van der Waals surface area contributed by atoms with Gasteiger partial charge >= 0.3 is 0 Å². The summed E-state index contributed by atoms with van der Waals surface area (Å²) in [5, 5.41) is 1.20. The molecule has 2 heterocycles. The van der Waals surface area contributed by atoms with Gasteiger partial charge in [0.2, 0.25) is 0 Å². The summed E-state index contributed by atoms with van der Waals surface area (Å²) in [5.74, 6) is 0.820. The number of nitrogens with one attached hydrogen (secondary N) is 1. The molecule has 0 saturated heterocycles. The zero-order valence-electron chi connectivity index (χ0n) is 17.2. The quantitative estimate of drug-likeness (QED) is 0.507. The van der Waals surface area contributed by atoms with Gasteiger partial charge in [-0.3, -0.25) is 4.79 Å². The molecule has 4 nitrogen and oxygen atoms in total. The molecule has 0 unspecified atom stereocenters. The fourth-order valence-electron chi connectivity index (χ4n) is 4.23. The second kappa shape index (κ2) is 7.38. The van der Waals surface area contributed by atoms with Crippen LogP contribution in [0.15, 0.2) is 66.7 Å². The van der Waals surface area contributed by atoms with Gasteiger partial charge in [-0.15, -0.1) is 0 Å². The number of aromatic nitrogens is 1. The Balaban J connectivity index is 1.47. The number of amides is 1. The van der Waals surface area contributed by atoms with E-state index in [1.807, 2.05) is 29.2 Å². The molecule has 3 aromatic carbocycles. The van der Waals surface area contributed by atoms with E-state index in [2.05, 4.69) is 54.4 Å². The van der Waals surface area contributed by atoms with Crippen molar-refractivity contribution in [3.8, 4) is 16.9 Å². The van der Waals surface area contributed by atoms with Gasteiger partial charge in [0.25, 0.3) is 5.91 Å². The lowest BCUT2D eigenvalue weighted by Crippen LogP contribution is -2.35. The van der Waals surface area contributed by atoms with Crippen LogP contribution in [0.1, 0.15) is 27.2 Å². The minimum atomic E-state index is 0.0624. The highest BCUT2D eigenvalue weighted by Crippen LogP contribution is 2.32. The lowest BCUT2D eigenvalue weighted by molar-refractivity contribution is 0.0735. The molecule has 0 radical (unpaired) electrons. The van der Waals surface area contributed by atoms with Crippen molar-refractivity contribution in [1.29, 1.82) is 0 Å². The predicted octanol–water partition coefficient (Wildman–Crippen LogP) is 5.35. The molecule has 0 fully saturated rings. The number of benzene rings is 3. The third kappa shape index (κ3) is 3.24. The summed E-state index contributed by atoms with van der Waals surface area (Å²) in [5.41, 5.74) is 7.96. The van der Waals surface area contributed by atoms with Crippen molar-refractivity contribution >= 4 is 16.8 Å². The first-order valence-electron chi connectivity index (χ1n) is 10.3. The molecule has 5 rings (SSSR count). The van der Waals surface area contributed by atoms with Crippen LogP contribution in [0.25, 0.3) is 22.0 Å². The van der Waals surface area contributed by atoms with Crippen LogP contribution in [0.3, 0.4) is 0 Å². The fraction of sp³-hybridized carbons (Fsp3) is 0.192. The predicted molar refractivity (Wildman–Crippen MR) is 120 cm³/mol. The van der Waals surface area contributed by atoms with Gasteiger partial charge in [-0.05, 0) is 54.4 Å². The summed E-state index contributed by atoms with van der Waals surface area (Å²) < 4.78 is 5.20. The second-order valence-corrected chi connectivity index (χ2v) is 7.91. The topological polar surface area (TPSA) is 45.3 Å². The third-order valence-corrected chi connectivity index (χ3v) is 5.98. The van der Waals surface area contributed by atoms with Crippen molar-refractivity contribution in [3.63, 3.8) is 0 Å². The highest BCUT2D eigenvalue weighted by atomic mass is 16.5. The Morgan fingerprint density at radius 3 is 2.43 bits per heavy atom. The van der Waals surface area contributed by atoms with Crippen molar-refractivity contribution < 1.29 is 9.53 Å². The van der Waals surface area contributed by atoms with Gasteiger partial charge in [-0.25, -0.2) is 0 Å². The molecule has 1 aliphatic rings. The summed E-state index contributed by atoms with van der Waals surface area (Å²) in [7, 11) is 1.63. The molecular weight excluding hydrogens is 372 g/mol. The van der Waals surface area contributed by atoms with Crippen LogP contribution >= 0.6 is 0 Å². The number of ether oxygens (including phenoxy) is 1. The summed E-state index contributed by atoms with van der Waals surface area (Å²) in [6.07, 6.45) is 0.839. The molecule has 1 N–H and O–H groups in total. The minimum absolute atomic E-state index is 0.0624. The molecule has 0 bridgehead atoms. The van der Waals surface area contributed by atoms with Crippen LogP contribution in [0.5, 0.6) is 5.75 Å². The molecule has 4 heteroatoms. The summed E-state index contributed by atoms with van der Waals surface area (Å²) in [4.78, 5) is 18.6. The van der Waals surface area contributed by atoms with Crippen LogP contribution in [-0.4, -0.2) is 29.4 Å². The Labute approximate surface area is 176 Å². The van der Waals surface area contributed by atoms with E-state index in [1.54, 1.807) is 7.11 Å². The largest absolute Gasteiger partial charge is 0.497 e. The van der Waals surface area contributed by atoms with E-state index in [0.29, 0.717) is 12.1 Å². The normalized spacial score (nSPS) is 13.3. The van der Waals surface area contributed by atoms with Gasteiger partial charge in [0.05, 0.1) is 7.11 Å². The Hall–Kier alpha value is -3.53.